The lowest BCUT2D eigenvalue weighted by atomic mass is 9.93. The molecule has 2 rings (SSSR count). The highest BCUT2D eigenvalue weighted by Crippen LogP contribution is 2.21. The molecule has 1 aromatic carbocycles. The number of nitrogens with two attached hydrogens (primary N) is 1. The van der Waals surface area contributed by atoms with Gasteiger partial charge in [-0.05, 0) is 24.0 Å². The van der Waals surface area contributed by atoms with Gasteiger partial charge >= 0.3 is 5.97 Å². The highest BCUT2D eigenvalue weighted by atomic mass is 16.4. The Morgan fingerprint density at radius 1 is 1.38 bits per heavy atom. The van der Waals surface area contributed by atoms with Gasteiger partial charge < -0.3 is 16.2 Å². The fourth-order valence-electron chi connectivity index (χ4n) is 2.64. The number of carboxylic acid groups (broad SMARTS) is 1. The molecule has 0 aliphatic carbocycles. The van der Waals surface area contributed by atoms with E-state index in [0.717, 1.165) is 24.0 Å². The van der Waals surface area contributed by atoms with Crippen LogP contribution in [-0.4, -0.2) is 23.0 Å². The summed E-state index contributed by atoms with van der Waals surface area (Å²) in [5.74, 6) is -1.41. The number of hydrogen-bond acceptors (Lipinski definition) is 3. The average Bonchev–Trinajstić information content (AvgIpc) is 2.45. The van der Waals surface area contributed by atoms with E-state index in [9.17, 15) is 14.7 Å². The normalized spacial score (nSPS) is 27.1. The molecule has 5 heteroatoms. The van der Waals surface area contributed by atoms with E-state index in [1.54, 1.807) is 0 Å². The Balaban J connectivity index is 2.29. The minimum absolute atomic E-state index is 0.0667. The van der Waals surface area contributed by atoms with Gasteiger partial charge in [-0.3, -0.25) is 4.79 Å². The number of amides is 1. The summed E-state index contributed by atoms with van der Waals surface area (Å²) in [4.78, 5) is 23.4. The van der Waals surface area contributed by atoms with Gasteiger partial charge in [-0.1, -0.05) is 37.6 Å². The van der Waals surface area contributed by atoms with E-state index in [4.69, 9.17) is 5.73 Å². The number of hydrogen-bond donors (Lipinski definition) is 3. The van der Waals surface area contributed by atoms with Crippen molar-refractivity contribution >= 4 is 11.9 Å². The number of carbonyl (C=O) groups excluding carboxylic acids is 1. The van der Waals surface area contributed by atoms with Crippen LogP contribution in [-0.2, 0) is 16.0 Å². The zero-order valence-corrected chi connectivity index (χ0v) is 12.2. The number of benzene rings is 1. The Hall–Kier alpha value is -1.88. The Morgan fingerprint density at radius 3 is 2.86 bits per heavy atom. The van der Waals surface area contributed by atoms with E-state index in [1.807, 2.05) is 31.2 Å². The van der Waals surface area contributed by atoms with Crippen molar-refractivity contribution in [1.29, 1.82) is 0 Å². The van der Waals surface area contributed by atoms with Crippen LogP contribution in [0.4, 0.5) is 0 Å². The number of nitrogens with one attached hydrogen (secondary N) is 1. The average molecular weight is 290 g/mol. The fraction of sp³-hybridized carbons (Fsp3) is 0.500. The predicted molar refractivity (Wildman–Crippen MR) is 79.7 cm³/mol. The van der Waals surface area contributed by atoms with E-state index in [1.165, 1.54) is 0 Å². The van der Waals surface area contributed by atoms with Crippen LogP contribution >= 0.6 is 0 Å². The first kappa shape index (κ1) is 15.5. The van der Waals surface area contributed by atoms with E-state index in [0.29, 0.717) is 6.42 Å². The zero-order chi connectivity index (χ0) is 15.4. The Bertz CT molecular complexity index is 530. The second kappa shape index (κ2) is 6.72. The van der Waals surface area contributed by atoms with Crippen LogP contribution in [0.15, 0.2) is 24.3 Å². The predicted octanol–water partition coefficient (Wildman–Crippen LogP) is 1.62. The molecule has 21 heavy (non-hydrogen) atoms. The van der Waals surface area contributed by atoms with Gasteiger partial charge in [0.2, 0.25) is 5.91 Å². The number of fused-ring (bicyclic) bond motifs is 2. The fourth-order valence-corrected chi connectivity index (χ4v) is 2.64. The molecule has 1 aliphatic heterocycles. The van der Waals surface area contributed by atoms with Crippen molar-refractivity contribution in [1.82, 2.24) is 5.32 Å². The number of carboxylic acids is 1. The summed E-state index contributed by atoms with van der Waals surface area (Å²) < 4.78 is 0. The molecule has 0 unspecified atom stereocenters. The van der Waals surface area contributed by atoms with Crippen LogP contribution in [0.1, 0.15) is 43.4 Å². The third kappa shape index (κ3) is 4.04. The summed E-state index contributed by atoms with van der Waals surface area (Å²) >= 11 is 0. The van der Waals surface area contributed by atoms with Gasteiger partial charge in [0.15, 0.2) is 0 Å². The molecule has 5 nitrogen and oxygen atoms in total. The van der Waals surface area contributed by atoms with E-state index >= 15 is 0 Å². The molecule has 0 aromatic heterocycles. The summed E-state index contributed by atoms with van der Waals surface area (Å²) in [7, 11) is 0. The van der Waals surface area contributed by atoms with Gasteiger partial charge in [0.1, 0.15) is 6.04 Å². The maximum atomic E-state index is 12.0. The van der Waals surface area contributed by atoms with E-state index < -0.39 is 12.0 Å². The first-order valence-electron chi connectivity index (χ1n) is 7.35. The molecule has 1 amide bonds. The van der Waals surface area contributed by atoms with Crippen LogP contribution in [0.3, 0.4) is 0 Å². The Morgan fingerprint density at radius 2 is 2.14 bits per heavy atom. The van der Waals surface area contributed by atoms with Gasteiger partial charge in [-0.25, -0.2) is 4.79 Å². The quantitative estimate of drug-likeness (QED) is 0.732. The monoisotopic (exact) mass is 290 g/mol. The lowest BCUT2D eigenvalue weighted by Crippen LogP contribution is -2.44. The molecule has 0 saturated carbocycles. The molecule has 0 saturated heterocycles. The third-order valence-corrected chi connectivity index (χ3v) is 4.03. The van der Waals surface area contributed by atoms with Gasteiger partial charge in [-0.2, -0.15) is 0 Å². The van der Waals surface area contributed by atoms with Crippen molar-refractivity contribution in [3.63, 3.8) is 0 Å². The number of carbonyl (C=O) groups is 2. The van der Waals surface area contributed by atoms with Gasteiger partial charge in [0.05, 0.1) is 0 Å². The highest BCUT2D eigenvalue weighted by Gasteiger charge is 2.24. The number of aliphatic carboxylic acids is 1. The SMILES string of the molecule is C[C@@H]1CCC[C@H](N)c2cccc(c2)C[C@H](C(=O)O)NC1=O. The summed E-state index contributed by atoms with van der Waals surface area (Å²) in [5, 5.41) is 11.9. The first-order valence-corrected chi connectivity index (χ1v) is 7.35. The highest BCUT2D eigenvalue weighted by molar-refractivity contribution is 5.85. The molecule has 1 aliphatic rings. The minimum Gasteiger partial charge on any atom is -0.480 e. The molecule has 0 spiro atoms. The second-order valence-electron chi connectivity index (χ2n) is 5.79. The smallest absolute Gasteiger partial charge is 0.326 e. The molecule has 0 fully saturated rings. The second-order valence-corrected chi connectivity index (χ2v) is 5.79. The number of rotatable bonds is 1. The van der Waals surface area contributed by atoms with Crippen LogP contribution in [0, 0.1) is 5.92 Å². The van der Waals surface area contributed by atoms with Gasteiger partial charge in [0.25, 0.3) is 0 Å². The molecule has 4 N–H and O–H groups in total. The molecule has 0 radical (unpaired) electrons. The zero-order valence-electron chi connectivity index (χ0n) is 12.2. The van der Waals surface area contributed by atoms with Crippen molar-refractivity contribution in [3.05, 3.63) is 35.4 Å². The van der Waals surface area contributed by atoms with E-state index in [2.05, 4.69) is 5.32 Å². The van der Waals surface area contributed by atoms with Crippen LogP contribution < -0.4 is 11.1 Å². The molecular weight excluding hydrogens is 268 g/mol. The van der Waals surface area contributed by atoms with E-state index in [-0.39, 0.29) is 24.3 Å². The standard InChI is InChI=1S/C16H22N2O3/c1-10-4-2-7-13(17)12-6-3-5-11(8-12)9-14(16(20)21)18-15(10)19/h3,5-6,8,10,13-14H,2,4,7,9,17H2,1H3,(H,18,19)(H,20,21)/t10-,13+,14-/m1/s1. The van der Waals surface area contributed by atoms with Crippen molar-refractivity contribution < 1.29 is 14.7 Å². The summed E-state index contributed by atoms with van der Waals surface area (Å²) in [6.07, 6.45) is 2.65. The largest absolute Gasteiger partial charge is 0.480 e. The Kier molecular flexibility index (Phi) is 4.96. The lowest BCUT2D eigenvalue weighted by Gasteiger charge is -2.21. The van der Waals surface area contributed by atoms with Gasteiger partial charge in [-0.15, -0.1) is 0 Å². The lowest BCUT2D eigenvalue weighted by molar-refractivity contribution is -0.142. The van der Waals surface area contributed by atoms with Crippen LogP contribution in [0.2, 0.25) is 0 Å². The van der Waals surface area contributed by atoms with Crippen molar-refractivity contribution in [2.24, 2.45) is 11.7 Å². The van der Waals surface area contributed by atoms with Crippen LogP contribution in [0.25, 0.3) is 0 Å². The maximum absolute atomic E-state index is 12.0. The third-order valence-electron chi connectivity index (χ3n) is 4.03. The first-order chi connectivity index (χ1) is 9.97. The molecule has 1 heterocycles. The van der Waals surface area contributed by atoms with Crippen molar-refractivity contribution in [3.8, 4) is 0 Å². The molecule has 2 bridgehead atoms. The van der Waals surface area contributed by atoms with Crippen molar-refractivity contribution in [2.75, 3.05) is 0 Å². The summed E-state index contributed by atoms with van der Waals surface area (Å²) in [6, 6.07) is 6.71. The molecule has 1 aromatic rings. The molecule has 114 valence electrons. The molecule has 3 atom stereocenters. The maximum Gasteiger partial charge on any atom is 0.326 e. The topological polar surface area (TPSA) is 92.4 Å². The summed E-state index contributed by atoms with van der Waals surface area (Å²) in [6.45, 7) is 1.82. The minimum atomic E-state index is -1.01. The molecular formula is C16H22N2O3. The van der Waals surface area contributed by atoms with Crippen molar-refractivity contribution in [2.45, 2.75) is 44.7 Å². The summed E-state index contributed by atoms with van der Waals surface area (Å²) in [5.41, 5.74) is 8.08. The van der Waals surface area contributed by atoms with Crippen LogP contribution in [0.5, 0.6) is 0 Å². The van der Waals surface area contributed by atoms with Gasteiger partial charge in [0, 0.05) is 18.4 Å². The Labute approximate surface area is 124 Å².